The van der Waals surface area contributed by atoms with Gasteiger partial charge in [0, 0.05) is 42.1 Å². The molecule has 51 heavy (non-hydrogen) atoms. The highest BCUT2D eigenvalue weighted by Gasteiger charge is 2.47. The van der Waals surface area contributed by atoms with Gasteiger partial charge in [-0.2, -0.15) is 0 Å². The summed E-state index contributed by atoms with van der Waals surface area (Å²) in [5.41, 5.74) is 3.40. The SMILES string of the molecule is COC[C@H]1[C@@H](C)CCC[C@@H]([C@H]2OC[C@@H](N(C)C)CO2)[C@@H]2CC[C@H]2CN2C[C@@]3(CCCc4cc(Cl)ccc43)COc3ccc(cc32)C(=O)NS1(=O)=O. The summed E-state index contributed by atoms with van der Waals surface area (Å²) in [6.45, 7) is 5.22. The number of rotatable bonds is 4. The number of carbonyl (C=O) groups excluding carboxylic acids is 1. The number of likely N-dealkylation sites (N-methyl/N-ethyl adjacent to an activating group) is 1. The molecule has 1 saturated carbocycles. The summed E-state index contributed by atoms with van der Waals surface area (Å²) in [7, 11) is 1.56. The van der Waals surface area contributed by atoms with Gasteiger partial charge in [-0.15, -0.1) is 0 Å². The van der Waals surface area contributed by atoms with Crippen LogP contribution in [0.5, 0.6) is 5.75 Å². The van der Waals surface area contributed by atoms with Crippen LogP contribution in [-0.4, -0.2) is 97.5 Å². The van der Waals surface area contributed by atoms with Crippen molar-refractivity contribution in [2.24, 2.45) is 23.7 Å². The average Bonchev–Trinajstić information content (AvgIpc) is 3.24. The fraction of sp³-hybridized carbons (Fsp3) is 0.667. The van der Waals surface area contributed by atoms with Gasteiger partial charge in [-0.25, -0.2) is 13.1 Å². The topological polar surface area (TPSA) is 107 Å². The van der Waals surface area contributed by atoms with Gasteiger partial charge in [0.15, 0.2) is 6.29 Å². The van der Waals surface area contributed by atoms with E-state index in [1.54, 1.807) is 6.07 Å². The van der Waals surface area contributed by atoms with Crippen molar-refractivity contribution in [1.29, 1.82) is 0 Å². The van der Waals surface area contributed by atoms with Crippen LogP contribution in [-0.2, 0) is 36.1 Å². The number of ether oxygens (including phenoxy) is 4. The van der Waals surface area contributed by atoms with Gasteiger partial charge >= 0.3 is 0 Å². The normalized spacial score (nSPS) is 34.0. The van der Waals surface area contributed by atoms with Crippen molar-refractivity contribution in [3.05, 3.63) is 58.1 Å². The van der Waals surface area contributed by atoms with Gasteiger partial charge < -0.3 is 28.7 Å². The minimum Gasteiger partial charge on any atom is -0.490 e. The second-order valence-corrected chi connectivity index (χ2v) is 18.3. The molecule has 1 spiro atoms. The molecule has 2 aromatic rings. The zero-order valence-corrected chi connectivity index (χ0v) is 32.0. The number of nitrogens with one attached hydrogen (secondary N) is 1. The van der Waals surface area contributed by atoms with Crippen LogP contribution in [0.1, 0.15) is 73.4 Å². The Balaban J connectivity index is 1.27. The maximum absolute atomic E-state index is 13.8. The highest BCUT2D eigenvalue weighted by Crippen LogP contribution is 2.49. The van der Waals surface area contributed by atoms with E-state index in [0.717, 1.165) is 68.7 Å². The molecule has 10 nitrogen and oxygen atoms in total. The first-order chi connectivity index (χ1) is 24.5. The minimum atomic E-state index is -4.05. The zero-order valence-electron chi connectivity index (χ0n) is 30.4. The van der Waals surface area contributed by atoms with Gasteiger partial charge in [0.25, 0.3) is 5.91 Å². The van der Waals surface area contributed by atoms with Crippen molar-refractivity contribution in [2.45, 2.75) is 81.3 Å². The zero-order chi connectivity index (χ0) is 35.9. The number of hydrogen-bond donors (Lipinski definition) is 1. The maximum Gasteiger partial charge on any atom is 0.264 e. The lowest BCUT2D eigenvalue weighted by Gasteiger charge is -2.49. The monoisotopic (exact) mass is 743 g/mol. The molecule has 280 valence electrons. The molecular weight excluding hydrogens is 690 g/mol. The molecule has 1 amide bonds. The summed E-state index contributed by atoms with van der Waals surface area (Å²) in [6.07, 6.45) is 7.26. The van der Waals surface area contributed by atoms with Crippen LogP contribution >= 0.6 is 11.6 Å². The van der Waals surface area contributed by atoms with E-state index in [0.29, 0.717) is 43.8 Å². The van der Waals surface area contributed by atoms with Gasteiger partial charge in [0.05, 0.1) is 38.2 Å². The maximum atomic E-state index is 13.8. The number of aryl methyl sites for hydroxylation is 1. The highest BCUT2D eigenvalue weighted by atomic mass is 35.5. The Bertz CT molecular complexity index is 1680. The molecule has 5 aliphatic rings. The van der Waals surface area contributed by atoms with Gasteiger partial charge in [0.2, 0.25) is 10.0 Å². The van der Waals surface area contributed by atoms with Gasteiger partial charge in [0.1, 0.15) is 11.0 Å². The van der Waals surface area contributed by atoms with Crippen molar-refractivity contribution in [1.82, 2.24) is 9.62 Å². The number of sulfonamides is 1. The highest BCUT2D eigenvalue weighted by molar-refractivity contribution is 7.90. The first-order valence-corrected chi connectivity index (χ1v) is 20.7. The van der Waals surface area contributed by atoms with E-state index < -0.39 is 21.2 Å². The third-order valence-corrected chi connectivity index (χ3v) is 14.7. The number of halogens is 1. The molecule has 3 aliphatic heterocycles. The molecule has 2 aliphatic carbocycles. The van der Waals surface area contributed by atoms with E-state index in [1.165, 1.54) is 18.2 Å². The molecule has 2 bridgehead atoms. The fourth-order valence-corrected chi connectivity index (χ4v) is 11.2. The number of carbonyl (C=O) groups is 1. The molecular formula is C39H54ClN3O7S. The number of nitrogens with zero attached hydrogens (tertiary/aromatic N) is 2. The Morgan fingerprint density at radius 1 is 1.04 bits per heavy atom. The predicted octanol–water partition coefficient (Wildman–Crippen LogP) is 5.65. The molecule has 0 aromatic heterocycles. The third kappa shape index (κ3) is 7.53. The molecule has 12 heteroatoms. The van der Waals surface area contributed by atoms with E-state index >= 15 is 0 Å². The van der Waals surface area contributed by atoms with E-state index in [-0.39, 0.29) is 41.8 Å². The first kappa shape index (κ1) is 36.9. The minimum absolute atomic E-state index is 0.000741. The van der Waals surface area contributed by atoms with Crippen LogP contribution < -0.4 is 14.4 Å². The Morgan fingerprint density at radius 3 is 2.57 bits per heavy atom. The van der Waals surface area contributed by atoms with E-state index in [4.69, 9.17) is 30.5 Å². The lowest BCUT2D eigenvalue weighted by Crippen LogP contribution is -2.52. The second-order valence-electron chi connectivity index (χ2n) is 16.0. The summed E-state index contributed by atoms with van der Waals surface area (Å²) in [4.78, 5) is 18.3. The van der Waals surface area contributed by atoms with E-state index in [1.807, 2.05) is 25.1 Å². The molecule has 2 aromatic carbocycles. The number of hydrogen-bond acceptors (Lipinski definition) is 9. The van der Waals surface area contributed by atoms with Crippen molar-refractivity contribution in [2.75, 3.05) is 65.6 Å². The largest absolute Gasteiger partial charge is 0.490 e. The van der Waals surface area contributed by atoms with Gasteiger partial charge in [-0.05, 0) is 118 Å². The quantitative estimate of drug-likeness (QED) is 0.425. The summed E-state index contributed by atoms with van der Waals surface area (Å²) in [5, 5.41) is -0.133. The van der Waals surface area contributed by atoms with Crippen molar-refractivity contribution >= 4 is 33.2 Å². The van der Waals surface area contributed by atoms with Gasteiger partial charge in [-0.1, -0.05) is 31.0 Å². The molecule has 3 heterocycles. The Kier molecular flexibility index (Phi) is 11.0. The van der Waals surface area contributed by atoms with Crippen LogP contribution in [0.15, 0.2) is 36.4 Å². The first-order valence-electron chi connectivity index (χ1n) is 18.7. The standard InChI is InChI=1S/C39H54ClN3O7S/c1-25-7-5-9-32(38-48-20-30(21-49-38)42(2)3)31-13-10-28(31)19-43-23-39(16-6-8-26-17-29(40)12-14-33(26)39)24-50-35-15-11-27(18-34(35)43)37(44)41-51(45,46)36(25)22-47-4/h11-12,14-15,17-18,25,28,30-32,36,38H,5-10,13,16,19-24H2,1-4H3,(H,41,44)/t25-,28-,30-,31+,32+,36-,38+,39-/m0/s1. The Hall–Kier alpha value is -2.41. The molecule has 0 radical (unpaired) electrons. The van der Waals surface area contributed by atoms with Crippen molar-refractivity contribution in [3.63, 3.8) is 0 Å². The predicted molar refractivity (Wildman–Crippen MR) is 198 cm³/mol. The summed E-state index contributed by atoms with van der Waals surface area (Å²) in [5.74, 6) is 0.812. The second kappa shape index (κ2) is 15.1. The summed E-state index contributed by atoms with van der Waals surface area (Å²) >= 11 is 6.48. The molecule has 0 unspecified atom stereocenters. The van der Waals surface area contributed by atoms with E-state index in [2.05, 4.69) is 40.7 Å². The number of amides is 1. The van der Waals surface area contributed by atoms with Crippen molar-refractivity contribution < 1.29 is 32.2 Å². The van der Waals surface area contributed by atoms with Crippen LogP contribution in [0.2, 0.25) is 5.02 Å². The molecule has 6 atom stereocenters. The number of benzene rings is 2. The molecule has 1 saturated heterocycles. The number of methoxy groups -OCH3 is 1. The fourth-order valence-electron chi connectivity index (χ4n) is 9.38. The lowest BCUT2D eigenvalue weighted by molar-refractivity contribution is -0.240. The van der Waals surface area contributed by atoms with Crippen LogP contribution in [0, 0.1) is 23.7 Å². The number of fused-ring (bicyclic) bond motifs is 4. The Labute approximate surface area is 308 Å². The lowest BCUT2D eigenvalue weighted by atomic mass is 9.64. The third-order valence-electron chi connectivity index (χ3n) is 12.6. The van der Waals surface area contributed by atoms with Crippen LogP contribution in [0.25, 0.3) is 0 Å². The van der Waals surface area contributed by atoms with Crippen LogP contribution in [0.4, 0.5) is 5.69 Å². The molecule has 2 fully saturated rings. The number of anilines is 1. The average molecular weight is 744 g/mol. The molecule has 1 N–H and O–H groups in total. The molecule has 7 rings (SSSR count). The van der Waals surface area contributed by atoms with Crippen molar-refractivity contribution in [3.8, 4) is 5.75 Å². The van der Waals surface area contributed by atoms with Crippen LogP contribution in [0.3, 0.4) is 0 Å². The van der Waals surface area contributed by atoms with Gasteiger partial charge in [-0.3, -0.25) is 4.79 Å². The summed E-state index contributed by atoms with van der Waals surface area (Å²) in [6, 6.07) is 11.8. The smallest absolute Gasteiger partial charge is 0.264 e. The van der Waals surface area contributed by atoms with E-state index in [9.17, 15) is 13.2 Å². The summed E-state index contributed by atoms with van der Waals surface area (Å²) < 4.78 is 55.1. The Morgan fingerprint density at radius 2 is 1.84 bits per heavy atom.